The Morgan fingerprint density at radius 1 is 1.75 bits per heavy atom. The summed E-state index contributed by atoms with van der Waals surface area (Å²) >= 11 is 4.65. The first-order valence-electron chi connectivity index (χ1n) is 3.30. The second-order valence-corrected chi connectivity index (χ2v) is 4.74. The van der Waals surface area contributed by atoms with Crippen molar-refractivity contribution in [1.29, 1.82) is 0 Å². The number of halogens is 1. The average molecular weight is 250 g/mol. The third kappa shape index (κ3) is 2.58. The Kier molecular flexibility index (Phi) is 3.25. The highest BCUT2D eigenvalue weighted by atomic mass is 79.9. The van der Waals surface area contributed by atoms with Crippen LogP contribution in [0.1, 0.15) is 18.0 Å². The number of hydrogen-bond donors (Lipinski definition) is 2. The predicted octanol–water partition coefficient (Wildman–Crippen LogP) is 1.64. The van der Waals surface area contributed by atoms with Crippen molar-refractivity contribution in [2.75, 3.05) is 0 Å². The summed E-state index contributed by atoms with van der Waals surface area (Å²) in [5.74, 6) is -0.243. The summed E-state index contributed by atoms with van der Waals surface area (Å²) in [6, 6.07) is 3.58. The standard InChI is InChI=1S/C7H8BrNO2S/c1-4(10)9-7(11)5-2-3-6(8)12-5/h2-3,7,11H,1H3,(H,9,10). The molecule has 5 heteroatoms. The summed E-state index contributed by atoms with van der Waals surface area (Å²) in [5.41, 5.74) is 0. The van der Waals surface area contributed by atoms with Gasteiger partial charge in [-0.05, 0) is 28.1 Å². The maximum atomic E-state index is 10.6. The highest BCUT2D eigenvalue weighted by molar-refractivity contribution is 9.11. The van der Waals surface area contributed by atoms with Gasteiger partial charge in [0, 0.05) is 6.92 Å². The number of rotatable bonds is 2. The highest BCUT2D eigenvalue weighted by Crippen LogP contribution is 2.25. The lowest BCUT2D eigenvalue weighted by Crippen LogP contribution is -2.24. The summed E-state index contributed by atoms with van der Waals surface area (Å²) in [7, 11) is 0. The molecule has 1 atom stereocenters. The van der Waals surface area contributed by atoms with Crippen LogP contribution in [-0.4, -0.2) is 11.0 Å². The molecule has 0 aliphatic rings. The van der Waals surface area contributed by atoms with Crippen LogP contribution in [0.2, 0.25) is 0 Å². The second-order valence-electron chi connectivity index (χ2n) is 2.24. The van der Waals surface area contributed by atoms with E-state index >= 15 is 0 Å². The third-order valence-corrected chi connectivity index (χ3v) is 2.88. The summed E-state index contributed by atoms with van der Waals surface area (Å²) in [5, 5.41) is 11.7. The minimum Gasteiger partial charge on any atom is -0.369 e. The highest BCUT2D eigenvalue weighted by Gasteiger charge is 2.09. The number of amides is 1. The molecule has 12 heavy (non-hydrogen) atoms. The van der Waals surface area contributed by atoms with Crippen LogP contribution in [0.25, 0.3) is 0 Å². The molecule has 0 aliphatic heterocycles. The van der Waals surface area contributed by atoms with Crippen molar-refractivity contribution >= 4 is 33.2 Å². The molecule has 3 nitrogen and oxygen atoms in total. The predicted molar refractivity (Wildman–Crippen MR) is 50.8 cm³/mol. The lowest BCUT2D eigenvalue weighted by atomic mass is 10.4. The monoisotopic (exact) mass is 249 g/mol. The van der Waals surface area contributed by atoms with Crippen molar-refractivity contribution in [2.45, 2.75) is 13.2 Å². The zero-order valence-corrected chi connectivity index (χ0v) is 8.78. The topological polar surface area (TPSA) is 49.3 Å². The van der Waals surface area contributed by atoms with E-state index in [0.29, 0.717) is 0 Å². The van der Waals surface area contributed by atoms with E-state index in [0.717, 1.165) is 8.66 Å². The summed E-state index contributed by atoms with van der Waals surface area (Å²) in [4.78, 5) is 11.3. The quantitative estimate of drug-likeness (QED) is 0.784. The molecular formula is C7H8BrNO2S. The Morgan fingerprint density at radius 3 is 2.83 bits per heavy atom. The molecule has 0 saturated carbocycles. The molecule has 1 unspecified atom stereocenters. The Balaban J connectivity index is 2.64. The molecule has 2 N–H and O–H groups in total. The van der Waals surface area contributed by atoms with Gasteiger partial charge in [0.2, 0.25) is 5.91 Å². The van der Waals surface area contributed by atoms with Gasteiger partial charge in [-0.3, -0.25) is 4.79 Å². The maximum Gasteiger partial charge on any atom is 0.219 e. The van der Waals surface area contributed by atoms with Crippen LogP contribution >= 0.6 is 27.3 Å². The minimum atomic E-state index is -0.890. The zero-order valence-electron chi connectivity index (χ0n) is 6.37. The van der Waals surface area contributed by atoms with E-state index in [1.165, 1.54) is 18.3 Å². The van der Waals surface area contributed by atoms with Crippen molar-refractivity contribution in [2.24, 2.45) is 0 Å². The van der Waals surface area contributed by atoms with Crippen molar-refractivity contribution in [3.05, 3.63) is 20.8 Å². The number of carbonyl (C=O) groups is 1. The lowest BCUT2D eigenvalue weighted by molar-refractivity contribution is -0.121. The third-order valence-electron chi connectivity index (χ3n) is 1.20. The molecular weight excluding hydrogens is 242 g/mol. The van der Waals surface area contributed by atoms with Crippen LogP contribution in [-0.2, 0) is 4.79 Å². The van der Waals surface area contributed by atoms with E-state index in [2.05, 4.69) is 21.2 Å². The van der Waals surface area contributed by atoms with Gasteiger partial charge in [0.15, 0.2) is 6.23 Å². The van der Waals surface area contributed by atoms with Gasteiger partial charge in [-0.25, -0.2) is 0 Å². The van der Waals surface area contributed by atoms with Gasteiger partial charge in [0.25, 0.3) is 0 Å². The molecule has 1 amide bonds. The Hall–Kier alpha value is -0.390. The second kappa shape index (κ2) is 4.02. The van der Waals surface area contributed by atoms with Gasteiger partial charge < -0.3 is 10.4 Å². The van der Waals surface area contributed by atoms with Gasteiger partial charge in [-0.2, -0.15) is 0 Å². The van der Waals surface area contributed by atoms with Crippen molar-refractivity contribution in [3.8, 4) is 0 Å². The smallest absolute Gasteiger partial charge is 0.219 e. The van der Waals surface area contributed by atoms with Crippen LogP contribution in [0, 0.1) is 0 Å². The van der Waals surface area contributed by atoms with Gasteiger partial charge in [-0.1, -0.05) is 0 Å². The van der Waals surface area contributed by atoms with Crippen LogP contribution in [0.15, 0.2) is 15.9 Å². The fourth-order valence-corrected chi connectivity index (χ4v) is 2.10. The fourth-order valence-electron chi connectivity index (χ4n) is 0.739. The SMILES string of the molecule is CC(=O)NC(O)c1ccc(Br)s1. The summed E-state index contributed by atoms with van der Waals surface area (Å²) in [6.07, 6.45) is -0.890. The van der Waals surface area contributed by atoms with Gasteiger partial charge in [0.05, 0.1) is 8.66 Å². The minimum absolute atomic E-state index is 0.243. The lowest BCUT2D eigenvalue weighted by Gasteiger charge is -2.07. The Morgan fingerprint density at radius 2 is 2.42 bits per heavy atom. The Bertz CT molecular complexity index is 287. The van der Waals surface area contributed by atoms with E-state index in [1.54, 1.807) is 6.07 Å². The molecule has 66 valence electrons. The molecule has 0 bridgehead atoms. The van der Waals surface area contributed by atoms with E-state index in [-0.39, 0.29) is 5.91 Å². The van der Waals surface area contributed by atoms with Gasteiger partial charge in [0.1, 0.15) is 0 Å². The number of carbonyl (C=O) groups excluding carboxylic acids is 1. The molecule has 1 heterocycles. The number of thiophene rings is 1. The normalized spacial score (nSPS) is 12.6. The maximum absolute atomic E-state index is 10.6. The Labute approximate surface area is 82.5 Å². The molecule has 0 aromatic carbocycles. The first kappa shape index (κ1) is 9.70. The largest absolute Gasteiger partial charge is 0.369 e. The summed E-state index contributed by atoms with van der Waals surface area (Å²) in [6.45, 7) is 1.37. The van der Waals surface area contributed by atoms with Crippen LogP contribution in [0.4, 0.5) is 0 Å². The van der Waals surface area contributed by atoms with E-state index in [9.17, 15) is 9.90 Å². The van der Waals surface area contributed by atoms with E-state index < -0.39 is 6.23 Å². The molecule has 0 aliphatic carbocycles. The molecule has 0 spiro atoms. The van der Waals surface area contributed by atoms with Gasteiger partial charge in [-0.15, -0.1) is 11.3 Å². The molecule has 1 rings (SSSR count). The molecule has 1 aromatic rings. The first-order valence-corrected chi connectivity index (χ1v) is 4.91. The van der Waals surface area contributed by atoms with Crippen molar-refractivity contribution in [1.82, 2.24) is 5.32 Å². The number of aliphatic hydroxyl groups excluding tert-OH is 1. The van der Waals surface area contributed by atoms with Crippen LogP contribution in [0.3, 0.4) is 0 Å². The van der Waals surface area contributed by atoms with Crippen molar-refractivity contribution in [3.63, 3.8) is 0 Å². The number of hydrogen-bond acceptors (Lipinski definition) is 3. The first-order chi connectivity index (χ1) is 5.59. The van der Waals surface area contributed by atoms with Crippen LogP contribution < -0.4 is 5.32 Å². The van der Waals surface area contributed by atoms with Crippen LogP contribution in [0.5, 0.6) is 0 Å². The average Bonchev–Trinajstić information content (AvgIpc) is 2.34. The van der Waals surface area contributed by atoms with E-state index in [4.69, 9.17) is 0 Å². The fraction of sp³-hybridized carbons (Fsp3) is 0.286. The number of aliphatic hydroxyl groups is 1. The number of nitrogens with one attached hydrogen (secondary N) is 1. The molecule has 0 radical (unpaired) electrons. The molecule has 0 saturated heterocycles. The van der Waals surface area contributed by atoms with Gasteiger partial charge >= 0.3 is 0 Å². The molecule has 1 aromatic heterocycles. The van der Waals surface area contributed by atoms with E-state index in [1.807, 2.05) is 6.07 Å². The zero-order chi connectivity index (χ0) is 9.14. The summed E-state index contributed by atoms with van der Waals surface area (Å²) < 4.78 is 0.932. The molecule has 0 fully saturated rings. The van der Waals surface area contributed by atoms with Crippen molar-refractivity contribution < 1.29 is 9.90 Å².